The first-order valence-corrected chi connectivity index (χ1v) is 9.45. The molecule has 0 aliphatic carbocycles. The number of urea groups is 1. The molecule has 26 heavy (non-hydrogen) atoms. The number of carbonyl (C=O) groups excluding carboxylic acids is 2. The number of benzene rings is 1. The van der Waals surface area contributed by atoms with Crippen LogP contribution < -0.4 is 10.6 Å². The van der Waals surface area contributed by atoms with Gasteiger partial charge in [-0.05, 0) is 39.0 Å². The molecule has 0 saturated carbocycles. The number of carbonyl (C=O) groups is 2. The van der Waals surface area contributed by atoms with Crippen LogP contribution >= 0.6 is 23.4 Å². The van der Waals surface area contributed by atoms with Crippen molar-refractivity contribution in [3.63, 3.8) is 0 Å². The number of hydrogen-bond donors (Lipinski definition) is 2. The highest BCUT2D eigenvalue weighted by Gasteiger charge is 2.17. The maximum Gasteiger partial charge on any atom is 0.321 e. The van der Waals surface area contributed by atoms with Crippen LogP contribution in [0.2, 0.25) is 5.02 Å². The number of imidazole rings is 1. The van der Waals surface area contributed by atoms with Crippen LogP contribution in [0.1, 0.15) is 20.8 Å². The third-order valence-electron chi connectivity index (χ3n) is 3.27. The molecule has 9 heteroatoms. The molecule has 0 spiro atoms. The summed E-state index contributed by atoms with van der Waals surface area (Å²) in [7, 11) is 1.63. The van der Waals surface area contributed by atoms with Gasteiger partial charge in [-0.25, -0.2) is 9.78 Å². The zero-order chi connectivity index (χ0) is 19.3. The third-order valence-corrected chi connectivity index (χ3v) is 4.48. The number of rotatable bonds is 6. The second kappa shape index (κ2) is 8.75. The minimum Gasteiger partial charge on any atom is -0.383 e. The van der Waals surface area contributed by atoms with Crippen molar-refractivity contribution >= 4 is 46.3 Å². The number of nitrogens with zero attached hydrogens (tertiary/aromatic N) is 2. The molecule has 0 aliphatic heterocycles. The monoisotopic (exact) mass is 398 g/mol. The third kappa shape index (κ3) is 5.89. The van der Waals surface area contributed by atoms with Gasteiger partial charge in [0.2, 0.25) is 5.91 Å². The number of thioether (sulfide) groups is 1. The maximum atomic E-state index is 12.0. The van der Waals surface area contributed by atoms with Crippen molar-refractivity contribution in [3.8, 4) is 0 Å². The van der Waals surface area contributed by atoms with Crippen molar-refractivity contribution in [3.05, 3.63) is 23.2 Å². The van der Waals surface area contributed by atoms with E-state index in [0.29, 0.717) is 23.3 Å². The predicted molar refractivity (Wildman–Crippen MR) is 104 cm³/mol. The number of imide groups is 1. The SMILES string of the molecule is COCCn1c(SCC(=O)NC(=O)NC(C)(C)C)nc2cc(Cl)ccc21. The molecule has 0 atom stereocenters. The van der Waals surface area contributed by atoms with E-state index < -0.39 is 11.6 Å². The fraction of sp³-hybridized carbons (Fsp3) is 0.471. The van der Waals surface area contributed by atoms with Gasteiger partial charge < -0.3 is 14.6 Å². The zero-order valence-corrected chi connectivity index (χ0v) is 16.8. The molecule has 1 heterocycles. The van der Waals surface area contributed by atoms with E-state index in [9.17, 15) is 9.59 Å². The normalized spacial score (nSPS) is 11.6. The van der Waals surface area contributed by atoms with Crippen LogP contribution in [0, 0.1) is 0 Å². The van der Waals surface area contributed by atoms with Gasteiger partial charge in [0.25, 0.3) is 0 Å². The fourth-order valence-electron chi connectivity index (χ4n) is 2.25. The predicted octanol–water partition coefficient (Wildman–Crippen LogP) is 3.05. The summed E-state index contributed by atoms with van der Waals surface area (Å²) in [5.41, 5.74) is 1.26. The standard InChI is InChI=1S/C17H23ClN4O3S/c1-17(2,3)21-15(24)20-14(23)10-26-16-19-12-9-11(18)5-6-13(12)22(16)7-8-25-4/h5-6,9H,7-8,10H2,1-4H3,(H2,20,21,23,24). The first-order valence-electron chi connectivity index (χ1n) is 8.09. The molecule has 142 valence electrons. The zero-order valence-electron chi connectivity index (χ0n) is 15.3. The van der Waals surface area contributed by atoms with Crippen molar-refractivity contribution in [2.45, 2.75) is 38.0 Å². The molecule has 0 saturated heterocycles. The average molecular weight is 399 g/mol. The molecule has 0 fully saturated rings. The van der Waals surface area contributed by atoms with E-state index in [1.54, 1.807) is 19.2 Å². The summed E-state index contributed by atoms with van der Waals surface area (Å²) >= 11 is 7.29. The van der Waals surface area contributed by atoms with Gasteiger partial charge in [-0.15, -0.1) is 0 Å². The second-order valence-electron chi connectivity index (χ2n) is 6.71. The fourth-order valence-corrected chi connectivity index (χ4v) is 3.26. The quantitative estimate of drug-likeness (QED) is 0.730. The first-order chi connectivity index (χ1) is 12.2. The summed E-state index contributed by atoms with van der Waals surface area (Å²) in [6, 6.07) is 4.96. The number of amides is 3. The molecule has 0 radical (unpaired) electrons. The van der Waals surface area contributed by atoms with Gasteiger partial charge in [0.05, 0.1) is 23.4 Å². The van der Waals surface area contributed by atoms with Gasteiger partial charge in [0, 0.05) is 24.2 Å². The molecule has 0 aliphatic rings. The van der Waals surface area contributed by atoms with Crippen molar-refractivity contribution in [2.75, 3.05) is 19.5 Å². The van der Waals surface area contributed by atoms with E-state index >= 15 is 0 Å². The summed E-state index contributed by atoms with van der Waals surface area (Å²) in [6.07, 6.45) is 0. The van der Waals surface area contributed by atoms with Crippen LogP contribution in [0.25, 0.3) is 11.0 Å². The van der Waals surface area contributed by atoms with E-state index in [0.717, 1.165) is 11.0 Å². The highest BCUT2D eigenvalue weighted by Crippen LogP contribution is 2.26. The highest BCUT2D eigenvalue weighted by atomic mass is 35.5. The number of ether oxygens (including phenoxy) is 1. The number of hydrogen-bond acceptors (Lipinski definition) is 5. The summed E-state index contributed by atoms with van der Waals surface area (Å²) in [5, 5.41) is 6.27. The molecular formula is C17H23ClN4O3S. The summed E-state index contributed by atoms with van der Waals surface area (Å²) in [4.78, 5) is 28.3. The van der Waals surface area contributed by atoms with Crippen molar-refractivity contribution in [2.24, 2.45) is 0 Å². The van der Waals surface area contributed by atoms with E-state index in [1.807, 2.05) is 31.4 Å². The highest BCUT2D eigenvalue weighted by molar-refractivity contribution is 7.99. The number of nitrogens with one attached hydrogen (secondary N) is 2. The largest absolute Gasteiger partial charge is 0.383 e. The van der Waals surface area contributed by atoms with Crippen LogP contribution in [0.5, 0.6) is 0 Å². The maximum absolute atomic E-state index is 12.0. The van der Waals surface area contributed by atoms with Gasteiger partial charge in [0.1, 0.15) is 0 Å². The smallest absolute Gasteiger partial charge is 0.321 e. The second-order valence-corrected chi connectivity index (χ2v) is 8.09. The molecule has 0 bridgehead atoms. The Kier molecular flexibility index (Phi) is 6.91. The minimum absolute atomic E-state index is 0.0710. The lowest BCUT2D eigenvalue weighted by Crippen LogP contribution is -2.48. The van der Waals surface area contributed by atoms with Gasteiger partial charge in [0.15, 0.2) is 5.16 Å². The van der Waals surface area contributed by atoms with Crippen LogP contribution in [0.15, 0.2) is 23.4 Å². The van der Waals surface area contributed by atoms with E-state index in [2.05, 4.69) is 15.6 Å². The molecule has 2 rings (SSSR count). The van der Waals surface area contributed by atoms with Crippen molar-refractivity contribution in [1.29, 1.82) is 0 Å². The molecule has 0 unspecified atom stereocenters. The van der Waals surface area contributed by atoms with Gasteiger partial charge in [-0.2, -0.15) is 0 Å². The number of methoxy groups -OCH3 is 1. The molecule has 2 aromatic rings. The van der Waals surface area contributed by atoms with Crippen LogP contribution in [-0.2, 0) is 16.1 Å². The molecular weight excluding hydrogens is 376 g/mol. The number of fused-ring (bicyclic) bond motifs is 1. The Morgan fingerprint density at radius 1 is 1.35 bits per heavy atom. The Hall–Kier alpha value is -1.77. The van der Waals surface area contributed by atoms with E-state index in [4.69, 9.17) is 16.3 Å². The van der Waals surface area contributed by atoms with E-state index in [1.165, 1.54) is 11.8 Å². The van der Waals surface area contributed by atoms with Crippen molar-refractivity contribution in [1.82, 2.24) is 20.2 Å². The molecule has 2 N–H and O–H groups in total. The summed E-state index contributed by atoms with van der Waals surface area (Å²) in [5.74, 6) is -0.318. The first kappa shape index (κ1) is 20.5. The van der Waals surface area contributed by atoms with Crippen LogP contribution in [-0.4, -0.2) is 46.5 Å². The van der Waals surface area contributed by atoms with Crippen LogP contribution in [0.4, 0.5) is 4.79 Å². The number of aromatic nitrogens is 2. The lowest BCUT2D eigenvalue weighted by Gasteiger charge is -2.20. The lowest BCUT2D eigenvalue weighted by molar-refractivity contribution is -0.117. The molecule has 3 amide bonds. The average Bonchev–Trinajstić information content (AvgIpc) is 2.85. The van der Waals surface area contributed by atoms with Gasteiger partial charge in [-0.1, -0.05) is 23.4 Å². The Labute approximate surface area is 161 Å². The Morgan fingerprint density at radius 2 is 2.08 bits per heavy atom. The molecule has 1 aromatic heterocycles. The van der Waals surface area contributed by atoms with Crippen molar-refractivity contribution < 1.29 is 14.3 Å². The lowest BCUT2D eigenvalue weighted by atomic mass is 10.1. The number of halogens is 1. The van der Waals surface area contributed by atoms with Gasteiger partial charge >= 0.3 is 6.03 Å². The summed E-state index contributed by atoms with van der Waals surface area (Å²) in [6.45, 7) is 6.64. The Balaban J connectivity index is 2.07. The summed E-state index contributed by atoms with van der Waals surface area (Å²) < 4.78 is 7.13. The van der Waals surface area contributed by atoms with Gasteiger partial charge in [-0.3, -0.25) is 10.1 Å². The minimum atomic E-state index is -0.511. The topological polar surface area (TPSA) is 85.2 Å². The van der Waals surface area contributed by atoms with Crippen LogP contribution in [0.3, 0.4) is 0 Å². The van der Waals surface area contributed by atoms with E-state index in [-0.39, 0.29) is 11.7 Å². The Morgan fingerprint density at radius 3 is 2.73 bits per heavy atom. The molecule has 1 aromatic carbocycles. The molecule has 7 nitrogen and oxygen atoms in total. The Bertz CT molecular complexity index is 801.